The molecule has 0 radical (unpaired) electrons. The Labute approximate surface area is 110 Å². The van der Waals surface area contributed by atoms with Crippen LogP contribution in [0.4, 0.5) is 4.79 Å². The third-order valence-electron chi connectivity index (χ3n) is 2.01. The van der Waals surface area contributed by atoms with E-state index in [0.29, 0.717) is 12.2 Å². The Morgan fingerprint density at radius 3 is 2.67 bits per heavy atom. The molecule has 0 aliphatic carbocycles. The van der Waals surface area contributed by atoms with Gasteiger partial charge in [-0.1, -0.05) is 30.3 Å². The second kappa shape index (κ2) is 8.41. The number of benzene rings is 1. The van der Waals surface area contributed by atoms with Gasteiger partial charge in [-0.2, -0.15) is 0 Å². The summed E-state index contributed by atoms with van der Waals surface area (Å²) in [4.78, 5) is 21.5. The van der Waals surface area contributed by atoms with Crippen LogP contribution < -0.4 is 4.72 Å². The number of ether oxygens (including phenoxy) is 1. The van der Waals surface area contributed by atoms with E-state index in [1.54, 1.807) is 0 Å². The van der Waals surface area contributed by atoms with Crippen molar-refractivity contribution in [3.8, 4) is 0 Å². The zero-order chi connectivity index (χ0) is 13.2. The fraction of sp³-hybridized carbons (Fsp3) is 0.333. The molecule has 5 nitrogen and oxygen atoms in total. The van der Waals surface area contributed by atoms with E-state index in [1.807, 2.05) is 30.3 Å². The highest BCUT2D eigenvalue weighted by Gasteiger charge is 2.02. The minimum atomic E-state index is -0.831. The Hall–Kier alpha value is -1.69. The summed E-state index contributed by atoms with van der Waals surface area (Å²) in [5, 5.41) is 8.41. The number of carbonyl (C=O) groups excluding carboxylic acids is 1. The summed E-state index contributed by atoms with van der Waals surface area (Å²) in [5.41, 5.74) is 0.920. The van der Waals surface area contributed by atoms with E-state index < -0.39 is 12.1 Å². The van der Waals surface area contributed by atoms with Gasteiger partial charge in [0.2, 0.25) is 0 Å². The number of amides is 1. The van der Waals surface area contributed by atoms with Gasteiger partial charge in [-0.3, -0.25) is 9.52 Å². The lowest BCUT2D eigenvalue weighted by Crippen LogP contribution is -2.17. The van der Waals surface area contributed by atoms with Crippen LogP contribution in [0.3, 0.4) is 0 Å². The maximum absolute atomic E-state index is 11.2. The van der Waals surface area contributed by atoms with E-state index in [1.165, 1.54) is 0 Å². The summed E-state index contributed by atoms with van der Waals surface area (Å²) in [6.07, 6.45) is 0.103. The quantitative estimate of drug-likeness (QED) is 0.587. The molecule has 1 aromatic carbocycles. The van der Waals surface area contributed by atoms with Crippen LogP contribution >= 0.6 is 11.9 Å². The van der Waals surface area contributed by atoms with Crippen molar-refractivity contribution in [2.75, 3.05) is 5.75 Å². The third kappa shape index (κ3) is 6.80. The van der Waals surface area contributed by atoms with Gasteiger partial charge in [-0.25, -0.2) is 4.79 Å². The number of nitrogens with one attached hydrogen (secondary N) is 1. The van der Waals surface area contributed by atoms with Gasteiger partial charge in [0, 0.05) is 12.2 Å². The predicted molar refractivity (Wildman–Crippen MR) is 69.1 cm³/mol. The summed E-state index contributed by atoms with van der Waals surface area (Å²) in [7, 11) is 0. The molecular weight excluding hydrogens is 254 g/mol. The lowest BCUT2D eigenvalue weighted by atomic mass is 10.2. The first kappa shape index (κ1) is 14.4. The molecule has 0 atom stereocenters. The average Bonchev–Trinajstić information content (AvgIpc) is 2.37. The fourth-order valence-corrected chi connectivity index (χ4v) is 1.73. The molecule has 0 aromatic heterocycles. The van der Waals surface area contributed by atoms with Crippen LogP contribution in [-0.2, 0) is 16.1 Å². The lowest BCUT2D eigenvalue weighted by Gasteiger charge is -2.05. The molecular formula is C12H15NO4S. The molecule has 0 bridgehead atoms. The van der Waals surface area contributed by atoms with Gasteiger partial charge in [0.05, 0.1) is 0 Å². The van der Waals surface area contributed by atoms with Gasteiger partial charge in [-0.15, -0.1) is 0 Å². The molecule has 0 heterocycles. The third-order valence-corrected chi connectivity index (χ3v) is 2.81. The second-order valence-corrected chi connectivity index (χ2v) is 4.41. The number of rotatable bonds is 7. The minimum absolute atomic E-state index is 0.105. The number of hydrogen-bond donors (Lipinski definition) is 2. The van der Waals surface area contributed by atoms with Crippen molar-refractivity contribution in [2.45, 2.75) is 19.4 Å². The van der Waals surface area contributed by atoms with Crippen LogP contribution in [0.1, 0.15) is 18.4 Å². The second-order valence-electron chi connectivity index (χ2n) is 3.51. The molecule has 0 saturated heterocycles. The molecule has 1 amide bonds. The molecule has 0 aliphatic heterocycles. The van der Waals surface area contributed by atoms with Gasteiger partial charge in [0.15, 0.2) is 0 Å². The zero-order valence-electron chi connectivity index (χ0n) is 9.80. The summed E-state index contributed by atoms with van der Waals surface area (Å²) < 4.78 is 7.46. The number of carbonyl (C=O) groups is 2. The van der Waals surface area contributed by atoms with E-state index >= 15 is 0 Å². The Bertz CT molecular complexity index is 383. The number of aliphatic carboxylic acids is 1. The molecule has 2 N–H and O–H groups in total. The molecule has 0 aliphatic rings. The summed E-state index contributed by atoms with van der Waals surface area (Å²) in [6, 6.07) is 9.37. The summed E-state index contributed by atoms with van der Waals surface area (Å²) in [6.45, 7) is 0.225. The summed E-state index contributed by atoms with van der Waals surface area (Å²) in [5.74, 6) is -0.283. The smallest absolute Gasteiger partial charge is 0.417 e. The normalized spacial score (nSPS) is 9.78. The maximum atomic E-state index is 11.2. The molecule has 1 aromatic rings. The molecule has 0 unspecified atom stereocenters. The van der Waals surface area contributed by atoms with Crippen molar-refractivity contribution in [3.05, 3.63) is 35.9 Å². The zero-order valence-corrected chi connectivity index (χ0v) is 10.6. The Balaban J connectivity index is 2.06. The molecule has 18 heavy (non-hydrogen) atoms. The van der Waals surface area contributed by atoms with Crippen molar-refractivity contribution in [1.29, 1.82) is 0 Å². The highest BCUT2D eigenvalue weighted by Crippen LogP contribution is 2.03. The van der Waals surface area contributed by atoms with E-state index in [0.717, 1.165) is 17.5 Å². The van der Waals surface area contributed by atoms with Gasteiger partial charge in [0.25, 0.3) is 0 Å². The van der Waals surface area contributed by atoms with Crippen molar-refractivity contribution in [2.24, 2.45) is 0 Å². The van der Waals surface area contributed by atoms with E-state index in [2.05, 4.69) is 4.72 Å². The first-order valence-electron chi connectivity index (χ1n) is 5.49. The number of carboxylic acid groups (broad SMARTS) is 1. The topological polar surface area (TPSA) is 75.6 Å². The highest BCUT2D eigenvalue weighted by atomic mass is 32.2. The van der Waals surface area contributed by atoms with E-state index in [-0.39, 0.29) is 13.0 Å². The fourth-order valence-electron chi connectivity index (χ4n) is 1.16. The number of hydrogen-bond acceptors (Lipinski definition) is 4. The average molecular weight is 269 g/mol. The van der Waals surface area contributed by atoms with Crippen LogP contribution in [0, 0.1) is 0 Å². The van der Waals surface area contributed by atoms with Crippen LogP contribution in [0.2, 0.25) is 0 Å². The standard InChI is InChI=1S/C12H15NO4S/c14-11(15)7-4-8-18-13-12(16)17-9-10-5-2-1-3-6-10/h1-3,5-6H,4,7-9H2,(H,13,16)(H,14,15). The van der Waals surface area contributed by atoms with Crippen molar-refractivity contribution in [1.82, 2.24) is 4.72 Å². The Kier molecular flexibility index (Phi) is 6.71. The molecule has 0 spiro atoms. The van der Waals surface area contributed by atoms with Crippen LogP contribution in [0.15, 0.2) is 30.3 Å². The highest BCUT2D eigenvalue weighted by molar-refractivity contribution is 7.97. The van der Waals surface area contributed by atoms with Gasteiger partial charge >= 0.3 is 12.1 Å². The van der Waals surface area contributed by atoms with Crippen molar-refractivity contribution < 1.29 is 19.4 Å². The van der Waals surface area contributed by atoms with Gasteiger partial charge in [-0.05, 0) is 23.9 Å². The van der Waals surface area contributed by atoms with Crippen LogP contribution in [-0.4, -0.2) is 22.9 Å². The maximum Gasteiger partial charge on any atom is 0.417 e. The Morgan fingerprint density at radius 1 is 1.28 bits per heavy atom. The lowest BCUT2D eigenvalue weighted by molar-refractivity contribution is -0.137. The molecule has 0 fully saturated rings. The monoisotopic (exact) mass is 269 g/mol. The summed E-state index contributed by atoms with van der Waals surface area (Å²) >= 11 is 1.15. The van der Waals surface area contributed by atoms with Crippen molar-refractivity contribution >= 4 is 24.0 Å². The largest absolute Gasteiger partial charge is 0.481 e. The van der Waals surface area contributed by atoms with Crippen molar-refractivity contribution in [3.63, 3.8) is 0 Å². The SMILES string of the molecule is O=C(O)CCCSNC(=O)OCc1ccccc1. The Morgan fingerprint density at radius 2 is 2.00 bits per heavy atom. The van der Waals surface area contributed by atoms with E-state index in [9.17, 15) is 9.59 Å². The van der Waals surface area contributed by atoms with Crippen LogP contribution in [0.25, 0.3) is 0 Å². The van der Waals surface area contributed by atoms with Crippen LogP contribution in [0.5, 0.6) is 0 Å². The molecule has 6 heteroatoms. The number of carboxylic acids is 1. The van der Waals surface area contributed by atoms with E-state index in [4.69, 9.17) is 9.84 Å². The predicted octanol–water partition coefficient (Wildman–Crippen LogP) is 2.43. The van der Waals surface area contributed by atoms with Gasteiger partial charge < -0.3 is 9.84 Å². The minimum Gasteiger partial charge on any atom is -0.481 e. The first-order chi connectivity index (χ1) is 8.68. The molecule has 0 saturated carbocycles. The van der Waals surface area contributed by atoms with Gasteiger partial charge in [0.1, 0.15) is 6.61 Å². The first-order valence-corrected chi connectivity index (χ1v) is 6.47. The molecule has 98 valence electrons. The molecule has 1 rings (SSSR count).